The van der Waals surface area contributed by atoms with Crippen LogP contribution in [0.3, 0.4) is 0 Å². The number of rotatable bonds is 4. The molecule has 13 heavy (non-hydrogen) atoms. The molecule has 0 aromatic heterocycles. The van der Waals surface area contributed by atoms with E-state index >= 15 is 0 Å². The number of aliphatic hydroxyl groups is 1. The molecule has 1 aliphatic rings. The Morgan fingerprint density at radius 3 is 2.92 bits per heavy atom. The van der Waals surface area contributed by atoms with Gasteiger partial charge in [0.05, 0.1) is 6.10 Å². The Balaban J connectivity index is 2.20. The monoisotopic (exact) mass is 186 g/mol. The average molecular weight is 186 g/mol. The number of nitrogens with one attached hydrogen (secondary N) is 1. The van der Waals surface area contributed by atoms with Crippen molar-refractivity contribution in [3.63, 3.8) is 0 Å². The maximum Gasteiger partial charge on any atom is 0.220 e. The van der Waals surface area contributed by atoms with Gasteiger partial charge in [-0.25, -0.2) is 0 Å². The zero-order valence-electron chi connectivity index (χ0n) is 8.29. The molecule has 4 heteroatoms. The summed E-state index contributed by atoms with van der Waals surface area (Å²) >= 11 is 0. The number of carbonyl (C=O) groups excluding carboxylic acids is 1. The molecule has 0 bridgehead atoms. The first-order valence-electron chi connectivity index (χ1n) is 4.74. The lowest BCUT2D eigenvalue weighted by atomic mass is 10.2. The van der Waals surface area contributed by atoms with E-state index in [9.17, 15) is 4.79 Å². The quantitative estimate of drug-likeness (QED) is 0.627. The summed E-state index contributed by atoms with van der Waals surface area (Å²) in [5, 5.41) is 12.0. The SMILES string of the molecule is CC(O)CN(C)CC1CCC(=O)N1. The third kappa shape index (κ3) is 3.74. The highest BCUT2D eigenvalue weighted by Gasteiger charge is 2.21. The van der Waals surface area contributed by atoms with Crippen molar-refractivity contribution in [2.75, 3.05) is 20.1 Å². The molecule has 76 valence electrons. The van der Waals surface area contributed by atoms with Crippen molar-refractivity contribution in [3.05, 3.63) is 0 Å². The minimum atomic E-state index is -0.304. The Bertz CT molecular complexity index is 182. The summed E-state index contributed by atoms with van der Waals surface area (Å²) < 4.78 is 0. The van der Waals surface area contributed by atoms with E-state index in [-0.39, 0.29) is 18.1 Å². The van der Waals surface area contributed by atoms with Crippen LogP contribution in [0, 0.1) is 0 Å². The van der Waals surface area contributed by atoms with Crippen molar-refractivity contribution >= 4 is 5.91 Å². The first kappa shape index (κ1) is 10.5. The topological polar surface area (TPSA) is 52.6 Å². The molecule has 0 radical (unpaired) electrons. The van der Waals surface area contributed by atoms with Crippen LogP contribution in [0.5, 0.6) is 0 Å². The molecule has 2 atom stereocenters. The van der Waals surface area contributed by atoms with E-state index in [0.29, 0.717) is 13.0 Å². The van der Waals surface area contributed by atoms with Gasteiger partial charge in [-0.2, -0.15) is 0 Å². The van der Waals surface area contributed by atoms with E-state index in [2.05, 4.69) is 5.32 Å². The zero-order chi connectivity index (χ0) is 9.84. The maximum atomic E-state index is 10.9. The fourth-order valence-electron chi connectivity index (χ4n) is 1.72. The molecular formula is C9H18N2O2. The second kappa shape index (κ2) is 4.58. The first-order valence-corrected chi connectivity index (χ1v) is 4.74. The van der Waals surface area contributed by atoms with Gasteiger partial charge in [0.1, 0.15) is 0 Å². The molecule has 0 saturated carbocycles. The molecule has 1 amide bonds. The minimum absolute atomic E-state index is 0.149. The lowest BCUT2D eigenvalue weighted by molar-refractivity contribution is -0.119. The Labute approximate surface area is 78.9 Å². The molecule has 4 nitrogen and oxygen atoms in total. The molecule has 2 unspecified atom stereocenters. The fraction of sp³-hybridized carbons (Fsp3) is 0.889. The minimum Gasteiger partial charge on any atom is -0.392 e. The summed E-state index contributed by atoms with van der Waals surface area (Å²) in [5.41, 5.74) is 0. The van der Waals surface area contributed by atoms with E-state index in [1.807, 2.05) is 11.9 Å². The molecule has 0 aromatic carbocycles. The lowest BCUT2D eigenvalue weighted by Gasteiger charge is -2.21. The van der Waals surface area contributed by atoms with Crippen LogP contribution in [0.25, 0.3) is 0 Å². The Kier molecular flexibility index (Phi) is 3.69. The highest BCUT2D eigenvalue weighted by molar-refractivity contribution is 5.78. The van der Waals surface area contributed by atoms with Gasteiger partial charge in [-0.3, -0.25) is 4.79 Å². The molecule has 0 aromatic rings. The van der Waals surface area contributed by atoms with Gasteiger partial charge in [0.25, 0.3) is 0 Å². The summed E-state index contributed by atoms with van der Waals surface area (Å²) in [6, 6.07) is 0.274. The number of hydrogen-bond acceptors (Lipinski definition) is 3. The number of amides is 1. The number of nitrogens with zero attached hydrogens (tertiary/aromatic N) is 1. The molecule has 0 aliphatic carbocycles. The highest BCUT2D eigenvalue weighted by atomic mass is 16.3. The van der Waals surface area contributed by atoms with Crippen molar-refractivity contribution in [1.82, 2.24) is 10.2 Å². The van der Waals surface area contributed by atoms with E-state index in [1.165, 1.54) is 0 Å². The third-order valence-electron chi connectivity index (χ3n) is 2.19. The van der Waals surface area contributed by atoms with Gasteiger partial charge in [-0.05, 0) is 20.4 Å². The van der Waals surface area contributed by atoms with Crippen molar-refractivity contribution in [2.45, 2.75) is 31.9 Å². The second-order valence-electron chi connectivity index (χ2n) is 3.87. The normalized spacial score (nSPS) is 24.9. The smallest absolute Gasteiger partial charge is 0.220 e. The van der Waals surface area contributed by atoms with Crippen molar-refractivity contribution < 1.29 is 9.90 Å². The third-order valence-corrected chi connectivity index (χ3v) is 2.19. The van der Waals surface area contributed by atoms with E-state index in [0.717, 1.165) is 13.0 Å². The van der Waals surface area contributed by atoms with E-state index in [4.69, 9.17) is 5.11 Å². The Morgan fingerprint density at radius 1 is 1.77 bits per heavy atom. The predicted molar refractivity (Wildman–Crippen MR) is 50.3 cm³/mol. The van der Waals surface area contributed by atoms with Crippen molar-refractivity contribution in [3.8, 4) is 0 Å². The summed E-state index contributed by atoms with van der Waals surface area (Å²) in [7, 11) is 1.96. The van der Waals surface area contributed by atoms with Gasteiger partial charge in [0.15, 0.2) is 0 Å². The van der Waals surface area contributed by atoms with Gasteiger partial charge in [-0.1, -0.05) is 0 Å². The maximum absolute atomic E-state index is 10.9. The van der Waals surface area contributed by atoms with Crippen LogP contribution in [-0.4, -0.2) is 48.2 Å². The second-order valence-corrected chi connectivity index (χ2v) is 3.87. The molecule has 1 saturated heterocycles. The standard InChI is InChI=1S/C9H18N2O2/c1-7(12)5-11(2)6-8-3-4-9(13)10-8/h7-8,12H,3-6H2,1-2H3,(H,10,13). The van der Waals surface area contributed by atoms with Gasteiger partial charge in [0, 0.05) is 25.6 Å². The van der Waals surface area contributed by atoms with E-state index < -0.39 is 0 Å². The molecule has 1 fully saturated rings. The Morgan fingerprint density at radius 2 is 2.46 bits per heavy atom. The largest absolute Gasteiger partial charge is 0.392 e. The highest BCUT2D eigenvalue weighted by Crippen LogP contribution is 2.07. The lowest BCUT2D eigenvalue weighted by Crippen LogP contribution is -2.39. The molecule has 1 aliphatic heterocycles. The van der Waals surface area contributed by atoms with Crippen LogP contribution in [0.2, 0.25) is 0 Å². The van der Waals surface area contributed by atoms with Crippen LogP contribution < -0.4 is 5.32 Å². The van der Waals surface area contributed by atoms with Crippen LogP contribution in [0.1, 0.15) is 19.8 Å². The van der Waals surface area contributed by atoms with Gasteiger partial charge < -0.3 is 15.3 Å². The number of likely N-dealkylation sites (N-methyl/N-ethyl adjacent to an activating group) is 1. The van der Waals surface area contributed by atoms with Crippen molar-refractivity contribution in [1.29, 1.82) is 0 Å². The van der Waals surface area contributed by atoms with E-state index in [1.54, 1.807) is 6.92 Å². The average Bonchev–Trinajstić information content (AvgIpc) is 2.33. The summed E-state index contributed by atoms with van der Waals surface area (Å²) in [6.45, 7) is 3.26. The molecule has 0 spiro atoms. The predicted octanol–water partition coefficient (Wildman–Crippen LogP) is -0.422. The number of hydrogen-bond donors (Lipinski definition) is 2. The number of carbonyl (C=O) groups is 1. The molecule has 1 rings (SSSR count). The number of aliphatic hydroxyl groups excluding tert-OH is 1. The summed E-state index contributed by atoms with van der Waals surface area (Å²) in [5.74, 6) is 0.149. The van der Waals surface area contributed by atoms with Crippen LogP contribution in [-0.2, 0) is 4.79 Å². The van der Waals surface area contributed by atoms with Crippen LogP contribution in [0.4, 0.5) is 0 Å². The molecular weight excluding hydrogens is 168 g/mol. The van der Waals surface area contributed by atoms with Crippen LogP contribution >= 0.6 is 0 Å². The molecule has 1 heterocycles. The fourth-order valence-corrected chi connectivity index (χ4v) is 1.72. The van der Waals surface area contributed by atoms with Crippen molar-refractivity contribution in [2.24, 2.45) is 0 Å². The summed E-state index contributed by atoms with van der Waals surface area (Å²) in [6.07, 6.45) is 1.26. The zero-order valence-corrected chi connectivity index (χ0v) is 8.29. The van der Waals surface area contributed by atoms with Gasteiger partial charge >= 0.3 is 0 Å². The Hall–Kier alpha value is -0.610. The first-order chi connectivity index (χ1) is 6.08. The van der Waals surface area contributed by atoms with Gasteiger partial charge in [0.2, 0.25) is 5.91 Å². The molecule has 2 N–H and O–H groups in total. The van der Waals surface area contributed by atoms with Gasteiger partial charge in [-0.15, -0.1) is 0 Å². The van der Waals surface area contributed by atoms with Crippen LogP contribution in [0.15, 0.2) is 0 Å². The summed E-state index contributed by atoms with van der Waals surface area (Å²) in [4.78, 5) is 12.9.